The maximum absolute atomic E-state index is 2.55. The molecule has 0 heterocycles. The summed E-state index contributed by atoms with van der Waals surface area (Å²) in [5.74, 6) is 0.952. The summed E-state index contributed by atoms with van der Waals surface area (Å²) < 4.78 is 0. The minimum Gasteiger partial charge on any atom is -0.0726 e. The molecule has 0 nitrogen and oxygen atoms in total. The zero-order valence-corrected chi connectivity index (χ0v) is 15.8. The molecule has 0 heteroatoms. The Labute approximate surface area is 152 Å². The number of allylic oxidation sites excluding steroid dienone is 4. The molecule has 0 spiro atoms. The van der Waals surface area contributed by atoms with Gasteiger partial charge >= 0.3 is 0 Å². The standard InChI is InChI=1S/C25H28/c1-5-17-15-23(21-13-9-7-11-19(17)21)25(3,4)24-16-18(6-2)20-12-8-10-14-22(20)24/h7-16,23-24H,5-6H2,1-4H3. The van der Waals surface area contributed by atoms with Crippen LogP contribution in [-0.4, -0.2) is 0 Å². The van der Waals surface area contributed by atoms with Crippen molar-refractivity contribution in [3.8, 4) is 0 Å². The first-order chi connectivity index (χ1) is 12.1. The highest BCUT2D eigenvalue weighted by Gasteiger charge is 2.42. The lowest BCUT2D eigenvalue weighted by atomic mass is 9.66. The first kappa shape index (κ1) is 16.4. The lowest BCUT2D eigenvalue weighted by Crippen LogP contribution is -2.26. The summed E-state index contributed by atoms with van der Waals surface area (Å²) >= 11 is 0. The number of hydrogen-bond donors (Lipinski definition) is 0. The number of hydrogen-bond acceptors (Lipinski definition) is 0. The fourth-order valence-electron chi connectivity index (χ4n) is 4.92. The van der Waals surface area contributed by atoms with Gasteiger partial charge in [0.15, 0.2) is 0 Å². The van der Waals surface area contributed by atoms with Crippen LogP contribution in [0.4, 0.5) is 0 Å². The third kappa shape index (κ3) is 2.42. The Balaban J connectivity index is 1.81. The average molecular weight is 328 g/mol. The zero-order valence-electron chi connectivity index (χ0n) is 15.8. The molecule has 0 radical (unpaired) electrons. The molecule has 0 bridgehead atoms. The van der Waals surface area contributed by atoms with Crippen molar-refractivity contribution in [3.63, 3.8) is 0 Å². The van der Waals surface area contributed by atoms with Crippen molar-refractivity contribution in [1.29, 1.82) is 0 Å². The lowest BCUT2D eigenvalue weighted by Gasteiger charge is -2.37. The van der Waals surface area contributed by atoms with Crippen molar-refractivity contribution < 1.29 is 0 Å². The maximum atomic E-state index is 2.55. The highest BCUT2D eigenvalue weighted by Crippen LogP contribution is 2.56. The Morgan fingerprint density at radius 2 is 1.08 bits per heavy atom. The number of benzene rings is 2. The smallest absolute Gasteiger partial charge is 0.00900 e. The molecule has 2 aliphatic rings. The van der Waals surface area contributed by atoms with E-state index >= 15 is 0 Å². The van der Waals surface area contributed by atoms with Gasteiger partial charge in [0, 0.05) is 11.8 Å². The third-order valence-electron chi connectivity index (χ3n) is 6.38. The van der Waals surface area contributed by atoms with E-state index in [1.165, 1.54) is 33.4 Å². The minimum absolute atomic E-state index is 0.153. The average Bonchev–Trinajstić information content (AvgIpc) is 3.21. The monoisotopic (exact) mass is 328 g/mol. The molecule has 2 unspecified atom stereocenters. The van der Waals surface area contributed by atoms with Gasteiger partial charge in [-0.05, 0) is 51.7 Å². The fraction of sp³-hybridized carbons (Fsp3) is 0.360. The Hall–Kier alpha value is -2.08. The van der Waals surface area contributed by atoms with Gasteiger partial charge in [0.05, 0.1) is 0 Å². The van der Waals surface area contributed by atoms with Crippen LogP contribution in [0.15, 0.2) is 60.7 Å². The molecule has 0 aliphatic heterocycles. The number of rotatable bonds is 4. The van der Waals surface area contributed by atoms with Gasteiger partial charge in [-0.25, -0.2) is 0 Å². The summed E-state index contributed by atoms with van der Waals surface area (Å²) in [5.41, 5.74) is 9.14. The van der Waals surface area contributed by atoms with Crippen LogP contribution in [0.3, 0.4) is 0 Å². The minimum atomic E-state index is 0.153. The van der Waals surface area contributed by atoms with Gasteiger partial charge in [0.25, 0.3) is 0 Å². The van der Waals surface area contributed by atoms with Gasteiger partial charge in [0.1, 0.15) is 0 Å². The Morgan fingerprint density at radius 3 is 1.48 bits per heavy atom. The quantitative estimate of drug-likeness (QED) is 0.557. The fourth-order valence-corrected chi connectivity index (χ4v) is 4.92. The zero-order chi connectivity index (χ0) is 17.6. The van der Waals surface area contributed by atoms with E-state index in [1.807, 2.05) is 0 Å². The van der Waals surface area contributed by atoms with E-state index in [0.29, 0.717) is 11.8 Å². The van der Waals surface area contributed by atoms with E-state index in [1.54, 1.807) is 0 Å². The van der Waals surface area contributed by atoms with E-state index in [4.69, 9.17) is 0 Å². The second-order valence-corrected chi connectivity index (χ2v) is 8.04. The van der Waals surface area contributed by atoms with Crippen LogP contribution in [0.1, 0.15) is 74.6 Å². The largest absolute Gasteiger partial charge is 0.0726 e. The topological polar surface area (TPSA) is 0 Å². The summed E-state index contributed by atoms with van der Waals surface area (Å²) in [6.45, 7) is 9.47. The third-order valence-corrected chi connectivity index (χ3v) is 6.38. The van der Waals surface area contributed by atoms with Crippen molar-refractivity contribution >= 4 is 11.1 Å². The molecule has 128 valence electrons. The summed E-state index contributed by atoms with van der Waals surface area (Å²) in [6, 6.07) is 18.0. The predicted molar refractivity (Wildman–Crippen MR) is 109 cm³/mol. The predicted octanol–water partition coefficient (Wildman–Crippen LogP) is 7.19. The van der Waals surface area contributed by atoms with Gasteiger partial charge in [0.2, 0.25) is 0 Å². The van der Waals surface area contributed by atoms with Crippen LogP contribution in [0.25, 0.3) is 11.1 Å². The summed E-state index contributed by atoms with van der Waals surface area (Å²) in [5, 5.41) is 0. The lowest BCUT2D eigenvalue weighted by molar-refractivity contribution is 0.291. The van der Waals surface area contributed by atoms with E-state index in [9.17, 15) is 0 Å². The van der Waals surface area contributed by atoms with Crippen molar-refractivity contribution in [1.82, 2.24) is 0 Å². The summed E-state index contributed by atoms with van der Waals surface area (Å²) in [6.07, 6.45) is 7.32. The van der Waals surface area contributed by atoms with Crippen LogP contribution in [0.2, 0.25) is 0 Å². The van der Waals surface area contributed by atoms with Gasteiger partial charge in [-0.1, -0.05) is 88.4 Å². The molecule has 4 rings (SSSR count). The van der Waals surface area contributed by atoms with Gasteiger partial charge in [-0.15, -0.1) is 0 Å². The molecule has 0 aromatic heterocycles. The molecule has 25 heavy (non-hydrogen) atoms. The van der Waals surface area contributed by atoms with Gasteiger partial charge < -0.3 is 0 Å². The van der Waals surface area contributed by atoms with E-state index in [2.05, 4.69) is 88.4 Å². The molecule has 0 fully saturated rings. The van der Waals surface area contributed by atoms with Crippen LogP contribution >= 0.6 is 0 Å². The van der Waals surface area contributed by atoms with Gasteiger partial charge in [-0.2, -0.15) is 0 Å². The van der Waals surface area contributed by atoms with Crippen LogP contribution in [0.5, 0.6) is 0 Å². The van der Waals surface area contributed by atoms with Crippen LogP contribution in [0, 0.1) is 5.41 Å². The molecule has 0 saturated heterocycles. The first-order valence-electron chi connectivity index (χ1n) is 9.67. The molecule has 0 saturated carbocycles. The molecule has 0 amide bonds. The molecule has 0 N–H and O–H groups in total. The second kappa shape index (κ2) is 6.02. The molecule has 2 atom stereocenters. The number of fused-ring (bicyclic) bond motifs is 2. The highest BCUT2D eigenvalue weighted by atomic mass is 14.5. The van der Waals surface area contributed by atoms with Crippen molar-refractivity contribution in [3.05, 3.63) is 82.9 Å². The summed E-state index contributed by atoms with van der Waals surface area (Å²) in [4.78, 5) is 0. The van der Waals surface area contributed by atoms with Crippen LogP contribution in [-0.2, 0) is 0 Å². The van der Waals surface area contributed by atoms with Gasteiger partial charge in [-0.3, -0.25) is 0 Å². The Kier molecular flexibility index (Phi) is 3.95. The summed E-state index contributed by atoms with van der Waals surface area (Å²) in [7, 11) is 0. The van der Waals surface area contributed by atoms with Crippen molar-refractivity contribution in [2.45, 2.75) is 52.4 Å². The van der Waals surface area contributed by atoms with E-state index < -0.39 is 0 Å². The molecular weight excluding hydrogens is 300 g/mol. The molecule has 2 aromatic carbocycles. The Morgan fingerprint density at radius 1 is 0.680 bits per heavy atom. The first-order valence-corrected chi connectivity index (χ1v) is 9.67. The highest BCUT2D eigenvalue weighted by molar-refractivity contribution is 5.77. The maximum Gasteiger partial charge on any atom is 0.00900 e. The SMILES string of the molecule is CCC1=CC(C(C)(C)C2C=C(CC)c3ccccc32)c2ccccc21. The Bertz CT molecular complexity index is 792. The normalized spacial score (nSPS) is 21.6. The van der Waals surface area contributed by atoms with E-state index in [-0.39, 0.29) is 5.41 Å². The molecular formula is C25H28. The van der Waals surface area contributed by atoms with Crippen molar-refractivity contribution in [2.24, 2.45) is 5.41 Å². The molecule has 2 aromatic rings. The van der Waals surface area contributed by atoms with Crippen LogP contribution < -0.4 is 0 Å². The second-order valence-electron chi connectivity index (χ2n) is 8.04. The van der Waals surface area contributed by atoms with E-state index in [0.717, 1.165) is 12.8 Å². The molecule has 2 aliphatic carbocycles. The van der Waals surface area contributed by atoms with Crippen molar-refractivity contribution in [2.75, 3.05) is 0 Å².